The van der Waals surface area contributed by atoms with E-state index in [1.807, 2.05) is 12.1 Å². The molecule has 0 saturated heterocycles. The lowest BCUT2D eigenvalue weighted by atomic mass is 9.73. The van der Waals surface area contributed by atoms with E-state index >= 15 is 0 Å². The van der Waals surface area contributed by atoms with Crippen molar-refractivity contribution in [3.05, 3.63) is 65.0 Å². The van der Waals surface area contributed by atoms with Crippen LogP contribution in [-0.2, 0) is 12.8 Å². The molecule has 0 bridgehead atoms. The van der Waals surface area contributed by atoms with Gasteiger partial charge in [-0.25, -0.2) is 4.39 Å². The molecule has 0 heterocycles. The minimum absolute atomic E-state index is 0.163. The van der Waals surface area contributed by atoms with E-state index < -0.39 is 6.10 Å². The van der Waals surface area contributed by atoms with Gasteiger partial charge in [0.15, 0.2) is 11.6 Å². The molecule has 104 valence electrons. The van der Waals surface area contributed by atoms with Crippen molar-refractivity contribution in [2.45, 2.75) is 24.9 Å². The summed E-state index contributed by atoms with van der Waals surface area (Å²) >= 11 is 0. The number of hydrogen-bond acceptors (Lipinski definition) is 2. The van der Waals surface area contributed by atoms with Gasteiger partial charge < -0.3 is 9.84 Å². The van der Waals surface area contributed by atoms with Crippen molar-refractivity contribution in [1.82, 2.24) is 0 Å². The van der Waals surface area contributed by atoms with E-state index in [-0.39, 0.29) is 17.5 Å². The van der Waals surface area contributed by atoms with Crippen molar-refractivity contribution < 1.29 is 14.2 Å². The van der Waals surface area contributed by atoms with E-state index in [0.717, 1.165) is 12.0 Å². The molecule has 0 aromatic heterocycles. The summed E-state index contributed by atoms with van der Waals surface area (Å²) in [4.78, 5) is 0. The molecule has 2 unspecified atom stereocenters. The van der Waals surface area contributed by atoms with Crippen molar-refractivity contribution in [2.24, 2.45) is 0 Å². The number of fused-ring (bicyclic) bond motifs is 1. The van der Waals surface area contributed by atoms with E-state index in [0.29, 0.717) is 6.42 Å². The highest BCUT2D eigenvalue weighted by Crippen LogP contribution is 2.38. The molecule has 0 spiro atoms. The Morgan fingerprint density at radius 2 is 2.10 bits per heavy atom. The molecule has 0 amide bonds. The van der Waals surface area contributed by atoms with Gasteiger partial charge in [0.2, 0.25) is 0 Å². The van der Waals surface area contributed by atoms with E-state index in [9.17, 15) is 9.50 Å². The van der Waals surface area contributed by atoms with Gasteiger partial charge in [0, 0.05) is 5.92 Å². The Bertz CT molecular complexity index is 624. The van der Waals surface area contributed by atoms with Gasteiger partial charge in [-0.3, -0.25) is 0 Å². The topological polar surface area (TPSA) is 29.5 Å². The van der Waals surface area contributed by atoms with Crippen LogP contribution in [0.5, 0.6) is 5.75 Å². The van der Waals surface area contributed by atoms with Gasteiger partial charge in [0.1, 0.15) is 0 Å². The van der Waals surface area contributed by atoms with Crippen LogP contribution in [0.25, 0.3) is 0 Å². The fraction of sp³-hybridized carbons (Fsp3) is 0.294. The third-order valence-electron chi connectivity index (χ3n) is 4.02. The molecule has 2 aromatic carbocycles. The second-order valence-corrected chi connectivity index (χ2v) is 5.25. The van der Waals surface area contributed by atoms with Crippen LogP contribution in [0.2, 0.25) is 0 Å². The zero-order valence-corrected chi connectivity index (χ0v) is 11.3. The molecule has 1 aliphatic rings. The quantitative estimate of drug-likeness (QED) is 0.927. The third kappa shape index (κ3) is 2.29. The van der Waals surface area contributed by atoms with Crippen LogP contribution in [0.15, 0.2) is 42.5 Å². The number of rotatable bonds is 4. The van der Waals surface area contributed by atoms with E-state index in [4.69, 9.17) is 4.74 Å². The number of benzene rings is 2. The van der Waals surface area contributed by atoms with E-state index in [2.05, 4.69) is 12.1 Å². The zero-order valence-electron chi connectivity index (χ0n) is 11.3. The SMILES string of the molecule is COc1ccc(CC(O)C2Cc3ccccc32)cc1F. The molecule has 3 rings (SSSR count). The maximum Gasteiger partial charge on any atom is 0.165 e. The molecule has 2 nitrogen and oxygen atoms in total. The Morgan fingerprint density at radius 1 is 1.30 bits per heavy atom. The number of aliphatic hydroxyl groups is 1. The van der Waals surface area contributed by atoms with Crippen LogP contribution in [0.3, 0.4) is 0 Å². The second-order valence-electron chi connectivity index (χ2n) is 5.25. The Labute approximate surface area is 117 Å². The van der Waals surface area contributed by atoms with Crippen LogP contribution >= 0.6 is 0 Å². The lowest BCUT2D eigenvalue weighted by Gasteiger charge is -2.34. The average Bonchev–Trinajstić information content (AvgIpc) is 2.40. The highest BCUT2D eigenvalue weighted by Gasteiger charge is 2.31. The molecule has 2 atom stereocenters. The summed E-state index contributed by atoms with van der Waals surface area (Å²) in [5, 5.41) is 10.3. The molecule has 0 saturated carbocycles. The average molecular weight is 272 g/mol. The second kappa shape index (κ2) is 5.25. The van der Waals surface area contributed by atoms with Gasteiger partial charge in [-0.2, -0.15) is 0 Å². The predicted octanol–water partition coefficient (Wildman–Crippen LogP) is 3.08. The van der Waals surface area contributed by atoms with Crippen LogP contribution in [0.4, 0.5) is 4.39 Å². The minimum Gasteiger partial charge on any atom is -0.494 e. The molecule has 0 fully saturated rings. The number of hydrogen-bond donors (Lipinski definition) is 1. The summed E-state index contributed by atoms with van der Waals surface area (Å²) in [7, 11) is 1.44. The first kappa shape index (κ1) is 13.1. The summed E-state index contributed by atoms with van der Waals surface area (Å²) in [5.74, 6) is 0.0137. The summed E-state index contributed by atoms with van der Waals surface area (Å²) in [6, 6.07) is 13.0. The number of methoxy groups -OCH3 is 1. The molecule has 20 heavy (non-hydrogen) atoms. The van der Waals surface area contributed by atoms with E-state index in [1.54, 1.807) is 12.1 Å². The van der Waals surface area contributed by atoms with Gasteiger partial charge in [0.25, 0.3) is 0 Å². The first-order valence-electron chi connectivity index (χ1n) is 6.77. The Kier molecular flexibility index (Phi) is 3.45. The summed E-state index contributed by atoms with van der Waals surface area (Å²) in [5.41, 5.74) is 3.31. The molecule has 1 aliphatic carbocycles. The molecule has 0 radical (unpaired) electrons. The first-order valence-corrected chi connectivity index (χ1v) is 6.77. The van der Waals surface area contributed by atoms with Crippen molar-refractivity contribution in [1.29, 1.82) is 0 Å². The predicted molar refractivity (Wildman–Crippen MR) is 75.5 cm³/mol. The fourth-order valence-electron chi connectivity index (χ4n) is 2.86. The van der Waals surface area contributed by atoms with Gasteiger partial charge in [-0.15, -0.1) is 0 Å². The standard InChI is InChI=1S/C17H17FO2/c1-20-17-7-6-11(8-15(17)18)9-16(19)14-10-12-4-2-3-5-13(12)14/h2-8,14,16,19H,9-10H2,1H3. The smallest absolute Gasteiger partial charge is 0.165 e. The normalized spacial score (nSPS) is 18.1. The Morgan fingerprint density at radius 3 is 2.80 bits per heavy atom. The largest absolute Gasteiger partial charge is 0.494 e. The van der Waals surface area contributed by atoms with Gasteiger partial charge in [0.05, 0.1) is 13.2 Å². The highest BCUT2D eigenvalue weighted by molar-refractivity contribution is 5.41. The number of ether oxygens (including phenoxy) is 1. The van der Waals surface area contributed by atoms with Crippen molar-refractivity contribution in [3.8, 4) is 5.75 Å². The molecular weight excluding hydrogens is 255 g/mol. The van der Waals surface area contributed by atoms with Crippen LogP contribution in [0.1, 0.15) is 22.6 Å². The van der Waals surface area contributed by atoms with Gasteiger partial charge >= 0.3 is 0 Å². The van der Waals surface area contributed by atoms with Crippen molar-refractivity contribution >= 4 is 0 Å². The lowest BCUT2D eigenvalue weighted by Crippen LogP contribution is -2.30. The van der Waals surface area contributed by atoms with E-state index in [1.165, 1.54) is 24.3 Å². The number of aliphatic hydroxyl groups excluding tert-OH is 1. The lowest BCUT2D eigenvalue weighted by molar-refractivity contribution is 0.133. The third-order valence-corrected chi connectivity index (χ3v) is 4.02. The Balaban J connectivity index is 1.71. The van der Waals surface area contributed by atoms with Crippen molar-refractivity contribution in [2.75, 3.05) is 7.11 Å². The fourth-order valence-corrected chi connectivity index (χ4v) is 2.86. The Hall–Kier alpha value is -1.87. The molecular formula is C17H17FO2. The molecule has 2 aromatic rings. The van der Waals surface area contributed by atoms with Crippen LogP contribution < -0.4 is 4.74 Å². The molecule has 3 heteroatoms. The van der Waals surface area contributed by atoms with Gasteiger partial charge in [-0.05, 0) is 41.7 Å². The van der Waals surface area contributed by atoms with Crippen LogP contribution in [-0.4, -0.2) is 18.3 Å². The monoisotopic (exact) mass is 272 g/mol. The zero-order chi connectivity index (χ0) is 14.1. The summed E-state index contributed by atoms with van der Waals surface area (Å²) in [6.07, 6.45) is 0.883. The van der Waals surface area contributed by atoms with Crippen LogP contribution in [0, 0.1) is 5.82 Å². The minimum atomic E-state index is -0.474. The summed E-state index contributed by atoms with van der Waals surface area (Å²) < 4.78 is 18.5. The molecule has 1 N–H and O–H groups in total. The summed E-state index contributed by atoms with van der Waals surface area (Å²) in [6.45, 7) is 0. The van der Waals surface area contributed by atoms with Gasteiger partial charge in [-0.1, -0.05) is 30.3 Å². The van der Waals surface area contributed by atoms with Crippen molar-refractivity contribution in [3.63, 3.8) is 0 Å². The maximum absolute atomic E-state index is 13.6. The number of halogens is 1. The molecule has 0 aliphatic heterocycles. The maximum atomic E-state index is 13.6. The first-order chi connectivity index (χ1) is 9.69. The highest BCUT2D eigenvalue weighted by atomic mass is 19.1.